The fourth-order valence-electron chi connectivity index (χ4n) is 2.09. The second-order valence-electron chi connectivity index (χ2n) is 4.19. The molecular formula is C11H19N3OS. The van der Waals surface area contributed by atoms with E-state index in [-0.39, 0.29) is 0 Å². The van der Waals surface area contributed by atoms with Gasteiger partial charge in [0.05, 0.1) is 17.8 Å². The number of anilines is 1. The van der Waals surface area contributed by atoms with Gasteiger partial charge >= 0.3 is 0 Å². The molecule has 5 heteroatoms. The van der Waals surface area contributed by atoms with Crippen LogP contribution < -0.4 is 10.2 Å². The third kappa shape index (κ3) is 2.36. The lowest BCUT2D eigenvalue weighted by molar-refractivity contribution is 0.118. The number of hydrogen-bond acceptors (Lipinski definition) is 5. The van der Waals surface area contributed by atoms with Gasteiger partial charge in [-0.25, -0.2) is 4.98 Å². The predicted octanol–water partition coefficient (Wildman–Crippen LogP) is 1.48. The van der Waals surface area contributed by atoms with Crippen LogP contribution in [0.2, 0.25) is 0 Å². The van der Waals surface area contributed by atoms with Gasteiger partial charge in [0.15, 0.2) is 5.13 Å². The molecule has 2 atom stereocenters. The van der Waals surface area contributed by atoms with Gasteiger partial charge in [-0.2, -0.15) is 0 Å². The van der Waals surface area contributed by atoms with Crippen LogP contribution in [0.3, 0.4) is 0 Å². The minimum absolute atomic E-state index is 0.307. The number of thiazole rings is 1. The van der Waals surface area contributed by atoms with Crippen molar-refractivity contribution in [2.75, 3.05) is 25.6 Å². The zero-order valence-corrected chi connectivity index (χ0v) is 10.9. The number of ether oxygens (including phenoxy) is 1. The van der Waals surface area contributed by atoms with Crippen LogP contribution in [-0.4, -0.2) is 37.8 Å². The molecule has 2 heterocycles. The van der Waals surface area contributed by atoms with Crippen molar-refractivity contribution in [2.45, 2.75) is 32.0 Å². The molecule has 0 spiro atoms. The third-order valence-electron chi connectivity index (χ3n) is 3.03. The van der Waals surface area contributed by atoms with E-state index in [9.17, 15) is 0 Å². The molecule has 1 fully saturated rings. The highest BCUT2D eigenvalue weighted by molar-refractivity contribution is 7.13. The van der Waals surface area contributed by atoms with Gasteiger partial charge < -0.3 is 15.0 Å². The van der Waals surface area contributed by atoms with E-state index < -0.39 is 0 Å². The van der Waals surface area contributed by atoms with Crippen LogP contribution in [0.4, 0.5) is 5.13 Å². The van der Waals surface area contributed by atoms with Crippen LogP contribution in [0.25, 0.3) is 0 Å². The van der Waals surface area contributed by atoms with Crippen molar-refractivity contribution in [3.8, 4) is 0 Å². The van der Waals surface area contributed by atoms with E-state index >= 15 is 0 Å². The molecule has 0 bridgehead atoms. The van der Waals surface area contributed by atoms with Crippen LogP contribution in [-0.2, 0) is 11.3 Å². The van der Waals surface area contributed by atoms with Crippen LogP contribution >= 0.6 is 11.3 Å². The molecule has 0 saturated carbocycles. The molecule has 2 unspecified atom stereocenters. The minimum Gasteiger partial charge on any atom is -0.376 e. The van der Waals surface area contributed by atoms with Gasteiger partial charge in [0.2, 0.25) is 0 Å². The quantitative estimate of drug-likeness (QED) is 0.866. The van der Waals surface area contributed by atoms with E-state index in [2.05, 4.69) is 34.6 Å². The standard InChI is InChI=1S/C11H19N3OS/c1-8-10(4-5-15-8)14(3)11-13-9(6-12-2)7-16-11/h7-8,10,12H,4-6H2,1-3H3. The number of rotatable bonds is 4. The van der Waals surface area contributed by atoms with Crippen molar-refractivity contribution in [2.24, 2.45) is 0 Å². The molecule has 0 aromatic carbocycles. The minimum atomic E-state index is 0.307. The van der Waals surface area contributed by atoms with Crippen LogP contribution in [0, 0.1) is 0 Å². The van der Waals surface area contributed by atoms with E-state index in [1.807, 2.05) is 7.05 Å². The normalized spacial score (nSPS) is 24.9. The molecule has 0 amide bonds. The molecule has 4 nitrogen and oxygen atoms in total. The first-order valence-corrected chi connectivity index (χ1v) is 6.53. The number of hydrogen-bond donors (Lipinski definition) is 1. The van der Waals surface area contributed by atoms with Crippen molar-refractivity contribution in [3.63, 3.8) is 0 Å². The zero-order valence-electron chi connectivity index (χ0n) is 10.1. The van der Waals surface area contributed by atoms with Gasteiger partial charge in [-0.05, 0) is 20.4 Å². The van der Waals surface area contributed by atoms with Crippen molar-refractivity contribution < 1.29 is 4.74 Å². The summed E-state index contributed by atoms with van der Waals surface area (Å²) in [5.74, 6) is 0. The van der Waals surface area contributed by atoms with Crippen molar-refractivity contribution in [1.29, 1.82) is 0 Å². The Morgan fingerprint density at radius 2 is 2.50 bits per heavy atom. The lowest BCUT2D eigenvalue weighted by atomic mass is 10.1. The number of nitrogens with zero attached hydrogens (tertiary/aromatic N) is 2. The fraction of sp³-hybridized carbons (Fsp3) is 0.727. The molecule has 1 aliphatic heterocycles. The lowest BCUT2D eigenvalue weighted by Gasteiger charge is -2.26. The first-order valence-electron chi connectivity index (χ1n) is 5.66. The van der Waals surface area contributed by atoms with Crippen molar-refractivity contribution in [1.82, 2.24) is 10.3 Å². The van der Waals surface area contributed by atoms with E-state index in [0.29, 0.717) is 12.1 Å². The Kier molecular flexibility index (Phi) is 3.78. The summed E-state index contributed by atoms with van der Waals surface area (Å²) in [4.78, 5) is 6.86. The van der Waals surface area contributed by atoms with E-state index in [0.717, 1.165) is 30.4 Å². The molecule has 2 rings (SSSR count). The molecule has 1 aromatic rings. The highest BCUT2D eigenvalue weighted by Gasteiger charge is 2.29. The maximum atomic E-state index is 5.59. The fourth-order valence-corrected chi connectivity index (χ4v) is 2.94. The average Bonchev–Trinajstić information content (AvgIpc) is 2.87. The van der Waals surface area contributed by atoms with Crippen molar-refractivity contribution >= 4 is 16.5 Å². The SMILES string of the molecule is CNCc1csc(N(C)C2CCOC2C)n1. The molecule has 0 radical (unpaired) electrons. The summed E-state index contributed by atoms with van der Waals surface area (Å²) in [5, 5.41) is 6.32. The summed E-state index contributed by atoms with van der Waals surface area (Å²) >= 11 is 1.71. The first-order chi connectivity index (χ1) is 7.72. The first kappa shape index (κ1) is 11.8. The number of nitrogens with one attached hydrogen (secondary N) is 1. The summed E-state index contributed by atoms with van der Waals surface area (Å²) in [6, 6.07) is 0.466. The Bertz CT molecular complexity index is 342. The maximum Gasteiger partial charge on any atom is 0.185 e. The molecule has 1 saturated heterocycles. The molecular weight excluding hydrogens is 222 g/mol. The van der Waals surface area contributed by atoms with Crippen LogP contribution in [0.1, 0.15) is 19.0 Å². The van der Waals surface area contributed by atoms with Gasteiger partial charge in [-0.15, -0.1) is 11.3 Å². The second kappa shape index (κ2) is 5.12. The topological polar surface area (TPSA) is 37.4 Å². The number of aromatic nitrogens is 1. The van der Waals surface area contributed by atoms with Crippen LogP contribution in [0.5, 0.6) is 0 Å². The van der Waals surface area contributed by atoms with E-state index in [1.165, 1.54) is 0 Å². The van der Waals surface area contributed by atoms with Gasteiger partial charge in [0.1, 0.15) is 0 Å². The molecule has 16 heavy (non-hydrogen) atoms. The van der Waals surface area contributed by atoms with E-state index in [1.54, 1.807) is 11.3 Å². The monoisotopic (exact) mass is 241 g/mol. The summed E-state index contributed by atoms with van der Waals surface area (Å²) < 4.78 is 5.59. The average molecular weight is 241 g/mol. The van der Waals surface area contributed by atoms with Gasteiger partial charge in [0, 0.05) is 25.6 Å². The van der Waals surface area contributed by atoms with Crippen molar-refractivity contribution in [3.05, 3.63) is 11.1 Å². The predicted molar refractivity (Wildman–Crippen MR) is 67.1 cm³/mol. The largest absolute Gasteiger partial charge is 0.376 e. The molecule has 1 aromatic heterocycles. The molecule has 1 N–H and O–H groups in total. The van der Waals surface area contributed by atoms with E-state index in [4.69, 9.17) is 4.74 Å². The van der Waals surface area contributed by atoms with Crippen LogP contribution in [0.15, 0.2) is 5.38 Å². The maximum absolute atomic E-state index is 5.59. The molecule has 90 valence electrons. The summed E-state index contributed by atoms with van der Waals surface area (Å²) in [7, 11) is 4.05. The molecule has 0 aliphatic carbocycles. The second-order valence-corrected chi connectivity index (χ2v) is 5.03. The summed E-state index contributed by atoms with van der Waals surface area (Å²) in [5.41, 5.74) is 1.11. The third-order valence-corrected chi connectivity index (χ3v) is 4.01. The summed E-state index contributed by atoms with van der Waals surface area (Å²) in [6.07, 6.45) is 1.40. The molecule has 1 aliphatic rings. The summed E-state index contributed by atoms with van der Waals surface area (Å²) in [6.45, 7) is 3.84. The zero-order chi connectivity index (χ0) is 11.5. The Balaban J connectivity index is 2.04. The Morgan fingerprint density at radius 3 is 3.12 bits per heavy atom. The highest BCUT2D eigenvalue weighted by atomic mass is 32.1. The Hall–Kier alpha value is -0.650. The highest BCUT2D eigenvalue weighted by Crippen LogP contribution is 2.26. The Labute approximate surface area is 101 Å². The Morgan fingerprint density at radius 1 is 1.69 bits per heavy atom. The lowest BCUT2D eigenvalue weighted by Crippen LogP contribution is -2.36. The van der Waals surface area contributed by atoms with Gasteiger partial charge in [-0.3, -0.25) is 0 Å². The van der Waals surface area contributed by atoms with Gasteiger partial charge in [0.25, 0.3) is 0 Å². The van der Waals surface area contributed by atoms with Gasteiger partial charge in [-0.1, -0.05) is 0 Å². The smallest absolute Gasteiger partial charge is 0.185 e. The number of likely N-dealkylation sites (N-methyl/N-ethyl adjacent to an activating group) is 1.